The second kappa shape index (κ2) is 5.74. The van der Waals surface area contributed by atoms with Crippen molar-refractivity contribution in [2.75, 3.05) is 0 Å². The van der Waals surface area contributed by atoms with Crippen LogP contribution in [-0.4, -0.2) is 6.04 Å². The Kier molecular flexibility index (Phi) is 4.93. The summed E-state index contributed by atoms with van der Waals surface area (Å²) in [5.74, 6) is 0.692. The molecular weight excluding hydrogens is 214 g/mol. The Morgan fingerprint density at radius 2 is 2.14 bits per heavy atom. The predicted molar refractivity (Wildman–Crippen MR) is 65.1 cm³/mol. The van der Waals surface area contributed by atoms with E-state index in [2.05, 4.69) is 19.9 Å². The number of rotatable bonds is 5. The molecule has 0 bridgehead atoms. The van der Waals surface area contributed by atoms with Crippen LogP contribution in [0.4, 0.5) is 0 Å². The van der Waals surface area contributed by atoms with Gasteiger partial charge >= 0.3 is 0 Å². The van der Waals surface area contributed by atoms with Crippen molar-refractivity contribution in [3.8, 4) is 0 Å². The molecule has 0 radical (unpaired) electrons. The maximum atomic E-state index is 6.00. The molecule has 0 fully saturated rings. The zero-order valence-electron chi connectivity index (χ0n) is 8.79. The van der Waals surface area contributed by atoms with Crippen molar-refractivity contribution in [2.45, 2.75) is 39.2 Å². The van der Waals surface area contributed by atoms with Crippen LogP contribution in [0.25, 0.3) is 0 Å². The van der Waals surface area contributed by atoms with E-state index in [4.69, 9.17) is 17.3 Å². The molecule has 1 heterocycles. The Labute approximate surface area is 95.3 Å². The molecule has 0 saturated heterocycles. The summed E-state index contributed by atoms with van der Waals surface area (Å²) in [6.45, 7) is 4.42. The van der Waals surface area contributed by atoms with E-state index in [0.717, 1.165) is 23.6 Å². The molecule has 0 saturated carbocycles. The van der Waals surface area contributed by atoms with Crippen LogP contribution < -0.4 is 5.73 Å². The fourth-order valence-electron chi connectivity index (χ4n) is 1.54. The first-order chi connectivity index (χ1) is 6.58. The quantitative estimate of drug-likeness (QED) is 0.822. The van der Waals surface area contributed by atoms with Gasteiger partial charge in [-0.25, -0.2) is 0 Å². The molecule has 2 N–H and O–H groups in total. The lowest BCUT2D eigenvalue weighted by Gasteiger charge is -2.12. The van der Waals surface area contributed by atoms with Crippen molar-refractivity contribution in [1.82, 2.24) is 0 Å². The zero-order valence-corrected chi connectivity index (χ0v) is 10.4. The van der Waals surface area contributed by atoms with Gasteiger partial charge in [0, 0.05) is 10.9 Å². The number of hydrogen-bond acceptors (Lipinski definition) is 2. The third-order valence-corrected chi connectivity index (χ3v) is 3.46. The summed E-state index contributed by atoms with van der Waals surface area (Å²) in [5, 5.41) is 0. The summed E-state index contributed by atoms with van der Waals surface area (Å²) in [4.78, 5) is 1.34. The fraction of sp³-hybridized carbons (Fsp3) is 0.636. The predicted octanol–water partition coefficient (Wildman–Crippen LogP) is 3.71. The van der Waals surface area contributed by atoms with Crippen LogP contribution in [0.15, 0.2) is 12.1 Å². The molecule has 0 aliphatic rings. The average molecular weight is 232 g/mol. The van der Waals surface area contributed by atoms with Gasteiger partial charge in [0.2, 0.25) is 0 Å². The topological polar surface area (TPSA) is 26.0 Å². The third-order valence-electron chi connectivity index (χ3n) is 2.16. The molecule has 1 nitrogen and oxygen atoms in total. The van der Waals surface area contributed by atoms with Crippen LogP contribution in [0, 0.1) is 5.92 Å². The van der Waals surface area contributed by atoms with E-state index in [0.29, 0.717) is 12.0 Å². The van der Waals surface area contributed by atoms with E-state index in [-0.39, 0.29) is 0 Å². The monoisotopic (exact) mass is 231 g/mol. The van der Waals surface area contributed by atoms with Crippen molar-refractivity contribution in [3.05, 3.63) is 21.3 Å². The van der Waals surface area contributed by atoms with Crippen molar-refractivity contribution < 1.29 is 0 Å². The van der Waals surface area contributed by atoms with Gasteiger partial charge in [-0.3, -0.25) is 0 Å². The SMILES string of the molecule is CC(C)CC(N)CCc1ccc(Cl)s1. The van der Waals surface area contributed by atoms with Crippen molar-refractivity contribution in [2.24, 2.45) is 11.7 Å². The average Bonchev–Trinajstić information content (AvgIpc) is 2.47. The lowest BCUT2D eigenvalue weighted by Crippen LogP contribution is -2.22. The van der Waals surface area contributed by atoms with Gasteiger partial charge in [0.05, 0.1) is 4.34 Å². The molecule has 0 aliphatic carbocycles. The maximum Gasteiger partial charge on any atom is 0.0931 e. The Balaban J connectivity index is 2.26. The summed E-state index contributed by atoms with van der Waals surface area (Å²) in [7, 11) is 0. The standard InChI is InChI=1S/C11H18ClNS/c1-8(2)7-9(13)3-4-10-5-6-11(12)14-10/h5-6,8-9H,3-4,7,13H2,1-2H3. The molecule has 0 aliphatic heterocycles. The second-order valence-corrected chi connectivity index (χ2v) is 5.93. The molecule has 1 aromatic heterocycles. The molecule has 1 unspecified atom stereocenters. The van der Waals surface area contributed by atoms with Crippen LogP contribution in [0.3, 0.4) is 0 Å². The Hall–Kier alpha value is -0.0500. The molecule has 1 aromatic rings. The zero-order chi connectivity index (χ0) is 10.6. The highest BCUT2D eigenvalue weighted by Gasteiger charge is 2.06. The van der Waals surface area contributed by atoms with Crippen molar-refractivity contribution in [1.29, 1.82) is 0 Å². The van der Waals surface area contributed by atoms with E-state index in [1.165, 1.54) is 4.88 Å². The van der Waals surface area contributed by atoms with Crippen LogP contribution in [-0.2, 0) is 6.42 Å². The lowest BCUT2D eigenvalue weighted by molar-refractivity contribution is 0.474. The molecular formula is C11H18ClNS. The number of hydrogen-bond donors (Lipinski definition) is 1. The molecule has 80 valence electrons. The summed E-state index contributed by atoms with van der Waals surface area (Å²) >= 11 is 7.51. The Bertz CT molecular complexity index is 270. The Morgan fingerprint density at radius 1 is 1.43 bits per heavy atom. The van der Waals surface area contributed by atoms with Crippen LogP contribution in [0.5, 0.6) is 0 Å². The van der Waals surface area contributed by atoms with Gasteiger partial charge in [-0.2, -0.15) is 0 Å². The summed E-state index contributed by atoms with van der Waals surface area (Å²) in [6.07, 6.45) is 3.24. The molecule has 3 heteroatoms. The molecule has 0 spiro atoms. The maximum absolute atomic E-state index is 6.00. The molecule has 0 aromatic carbocycles. The number of halogens is 1. The van der Waals surface area contributed by atoms with E-state index >= 15 is 0 Å². The summed E-state index contributed by atoms with van der Waals surface area (Å²) in [6, 6.07) is 4.38. The van der Waals surface area contributed by atoms with Crippen molar-refractivity contribution >= 4 is 22.9 Å². The molecule has 14 heavy (non-hydrogen) atoms. The van der Waals surface area contributed by atoms with E-state index in [9.17, 15) is 0 Å². The molecule has 1 atom stereocenters. The summed E-state index contributed by atoms with van der Waals surface area (Å²) in [5.41, 5.74) is 6.00. The van der Waals surface area contributed by atoms with E-state index in [1.807, 2.05) is 6.07 Å². The number of nitrogens with two attached hydrogens (primary N) is 1. The largest absolute Gasteiger partial charge is 0.328 e. The minimum Gasteiger partial charge on any atom is -0.328 e. The highest BCUT2D eigenvalue weighted by atomic mass is 35.5. The van der Waals surface area contributed by atoms with Gasteiger partial charge in [-0.1, -0.05) is 25.4 Å². The second-order valence-electron chi connectivity index (χ2n) is 4.13. The van der Waals surface area contributed by atoms with Gasteiger partial charge in [0.1, 0.15) is 0 Å². The van der Waals surface area contributed by atoms with E-state index in [1.54, 1.807) is 11.3 Å². The summed E-state index contributed by atoms with van der Waals surface area (Å²) < 4.78 is 0.873. The third kappa shape index (κ3) is 4.45. The van der Waals surface area contributed by atoms with Gasteiger partial charge in [0.15, 0.2) is 0 Å². The highest BCUT2D eigenvalue weighted by Crippen LogP contribution is 2.23. The van der Waals surface area contributed by atoms with Gasteiger partial charge in [-0.05, 0) is 37.3 Å². The molecule has 1 rings (SSSR count). The molecule has 0 amide bonds. The minimum absolute atomic E-state index is 0.330. The number of thiophene rings is 1. The van der Waals surface area contributed by atoms with Gasteiger partial charge in [-0.15, -0.1) is 11.3 Å². The number of aryl methyl sites for hydroxylation is 1. The van der Waals surface area contributed by atoms with Crippen molar-refractivity contribution in [3.63, 3.8) is 0 Å². The first-order valence-electron chi connectivity index (χ1n) is 5.07. The normalized spacial score (nSPS) is 13.5. The van der Waals surface area contributed by atoms with Crippen LogP contribution in [0.1, 0.15) is 31.6 Å². The van der Waals surface area contributed by atoms with Crippen LogP contribution >= 0.6 is 22.9 Å². The lowest BCUT2D eigenvalue weighted by atomic mass is 10.0. The Morgan fingerprint density at radius 3 is 2.64 bits per heavy atom. The fourth-order valence-corrected chi connectivity index (χ4v) is 2.64. The van der Waals surface area contributed by atoms with Crippen LogP contribution in [0.2, 0.25) is 4.34 Å². The van der Waals surface area contributed by atoms with Gasteiger partial charge < -0.3 is 5.73 Å². The smallest absolute Gasteiger partial charge is 0.0931 e. The first kappa shape index (κ1) is 12.0. The minimum atomic E-state index is 0.330. The first-order valence-corrected chi connectivity index (χ1v) is 6.27. The highest BCUT2D eigenvalue weighted by molar-refractivity contribution is 7.16. The van der Waals surface area contributed by atoms with E-state index < -0.39 is 0 Å². The van der Waals surface area contributed by atoms with Gasteiger partial charge in [0.25, 0.3) is 0 Å².